The SMILES string of the molecule is COC(=O)[C@]12CCCC[C@@]1(C)OC(C)(O)C2. The van der Waals surface area contributed by atoms with Gasteiger partial charge in [0.15, 0.2) is 5.79 Å². The normalized spacial score (nSPS) is 47.5. The molecular weight excluding hydrogens is 208 g/mol. The van der Waals surface area contributed by atoms with Crippen LogP contribution in [0.15, 0.2) is 0 Å². The van der Waals surface area contributed by atoms with Crippen molar-refractivity contribution < 1.29 is 19.4 Å². The lowest BCUT2D eigenvalue weighted by molar-refractivity contribution is -0.219. The molecule has 0 amide bonds. The maximum absolute atomic E-state index is 12.0. The van der Waals surface area contributed by atoms with Gasteiger partial charge >= 0.3 is 5.97 Å². The number of rotatable bonds is 1. The Morgan fingerprint density at radius 3 is 2.56 bits per heavy atom. The molecule has 16 heavy (non-hydrogen) atoms. The summed E-state index contributed by atoms with van der Waals surface area (Å²) in [7, 11) is 1.40. The van der Waals surface area contributed by atoms with E-state index in [2.05, 4.69) is 0 Å². The maximum Gasteiger partial charge on any atom is 0.314 e. The Bertz CT molecular complexity index is 312. The van der Waals surface area contributed by atoms with Crippen LogP contribution in [0.5, 0.6) is 0 Å². The standard InChI is InChI=1S/C12H20O4/c1-10-6-4-5-7-12(10,9(13)15-3)8-11(2,14)16-10/h14H,4-8H2,1-3H3/t10-,11?,12-/m1/s1. The highest BCUT2D eigenvalue weighted by Gasteiger charge is 2.65. The highest BCUT2D eigenvalue weighted by atomic mass is 16.6. The van der Waals surface area contributed by atoms with Gasteiger partial charge in [-0.05, 0) is 26.7 Å². The third-order valence-corrected chi connectivity index (χ3v) is 4.17. The molecule has 0 aromatic carbocycles. The van der Waals surface area contributed by atoms with E-state index in [9.17, 15) is 9.90 Å². The van der Waals surface area contributed by atoms with Crippen LogP contribution in [0.2, 0.25) is 0 Å². The second-order valence-corrected chi connectivity index (χ2v) is 5.47. The minimum absolute atomic E-state index is 0.243. The van der Waals surface area contributed by atoms with Gasteiger partial charge in [-0.25, -0.2) is 0 Å². The number of carbonyl (C=O) groups is 1. The molecule has 0 bridgehead atoms. The van der Waals surface area contributed by atoms with Crippen molar-refractivity contribution in [1.29, 1.82) is 0 Å². The van der Waals surface area contributed by atoms with Crippen molar-refractivity contribution in [2.45, 2.75) is 57.3 Å². The van der Waals surface area contributed by atoms with Crippen LogP contribution in [0.25, 0.3) is 0 Å². The third kappa shape index (κ3) is 1.47. The van der Waals surface area contributed by atoms with Crippen LogP contribution in [0.4, 0.5) is 0 Å². The fourth-order valence-corrected chi connectivity index (χ4v) is 3.48. The lowest BCUT2D eigenvalue weighted by atomic mass is 9.63. The van der Waals surface area contributed by atoms with Crippen LogP contribution < -0.4 is 0 Å². The smallest absolute Gasteiger partial charge is 0.314 e. The van der Waals surface area contributed by atoms with Crippen LogP contribution in [0.3, 0.4) is 0 Å². The van der Waals surface area contributed by atoms with Crippen LogP contribution in [-0.2, 0) is 14.3 Å². The predicted molar refractivity (Wildman–Crippen MR) is 57.6 cm³/mol. The van der Waals surface area contributed by atoms with E-state index in [0.29, 0.717) is 6.42 Å². The maximum atomic E-state index is 12.0. The molecule has 2 fully saturated rings. The van der Waals surface area contributed by atoms with E-state index in [1.165, 1.54) is 7.11 Å². The Morgan fingerprint density at radius 1 is 1.31 bits per heavy atom. The van der Waals surface area contributed by atoms with Crippen molar-refractivity contribution in [1.82, 2.24) is 0 Å². The first-order valence-corrected chi connectivity index (χ1v) is 5.86. The average molecular weight is 228 g/mol. The lowest BCUT2D eigenvalue weighted by Gasteiger charge is -2.43. The third-order valence-electron chi connectivity index (χ3n) is 4.17. The quantitative estimate of drug-likeness (QED) is 0.693. The van der Waals surface area contributed by atoms with E-state index < -0.39 is 16.8 Å². The van der Waals surface area contributed by atoms with Crippen molar-refractivity contribution in [3.05, 3.63) is 0 Å². The molecule has 1 heterocycles. The number of hydrogen-bond donors (Lipinski definition) is 1. The summed E-state index contributed by atoms with van der Waals surface area (Å²) >= 11 is 0. The van der Waals surface area contributed by atoms with Crippen LogP contribution in [0, 0.1) is 5.41 Å². The van der Waals surface area contributed by atoms with Gasteiger partial charge in [0.2, 0.25) is 0 Å². The van der Waals surface area contributed by atoms with E-state index in [1.54, 1.807) is 6.92 Å². The van der Waals surface area contributed by atoms with Gasteiger partial charge in [0.05, 0.1) is 12.7 Å². The summed E-state index contributed by atoms with van der Waals surface area (Å²) in [5.41, 5.74) is -1.24. The van der Waals surface area contributed by atoms with Gasteiger partial charge in [-0.3, -0.25) is 4.79 Å². The van der Waals surface area contributed by atoms with Crippen LogP contribution in [-0.4, -0.2) is 29.6 Å². The van der Waals surface area contributed by atoms with Crippen molar-refractivity contribution in [2.75, 3.05) is 7.11 Å². The number of esters is 1. The summed E-state index contributed by atoms with van der Waals surface area (Å²) in [5, 5.41) is 10.1. The molecule has 2 aliphatic rings. The summed E-state index contributed by atoms with van der Waals surface area (Å²) in [6.07, 6.45) is 3.91. The van der Waals surface area contributed by atoms with Gasteiger partial charge in [0.1, 0.15) is 5.41 Å². The molecule has 1 aliphatic carbocycles. The summed E-state index contributed by atoms with van der Waals surface area (Å²) in [6.45, 7) is 3.55. The highest BCUT2D eigenvalue weighted by molar-refractivity contribution is 5.79. The van der Waals surface area contributed by atoms with Gasteiger partial charge in [0, 0.05) is 6.42 Å². The van der Waals surface area contributed by atoms with Gasteiger partial charge in [-0.1, -0.05) is 12.8 Å². The number of carbonyl (C=O) groups excluding carboxylic acids is 1. The molecule has 4 nitrogen and oxygen atoms in total. The number of aliphatic hydroxyl groups is 1. The average Bonchev–Trinajstić information content (AvgIpc) is 2.42. The molecule has 1 unspecified atom stereocenters. The second-order valence-electron chi connectivity index (χ2n) is 5.47. The Morgan fingerprint density at radius 2 is 1.94 bits per heavy atom. The summed E-state index contributed by atoms with van der Waals surface area (Å²) in [6, 6.07) is 0. The van der Waals surface area contributed by atoms with Crippen LogP contribution >= 0.6 is 0 Å². The van der Waals surface area contributed by atoms with Gasteiger partial charge in [0.25, 0.3) is 0 Å². The molecule has 0 spiro atoms. The summed E-state index contributed by atoms with van der Waals surface area (Å²) in [5.74, 6) is -1.46. The minimum Gasteiger partial charge on any atom is -0.469 e. The Balaban J connectivity index is 2.41. The molecule has 0 aromatic heterocycles. The van der Waals surface area contributed by atoms with Crippen molar-refractivity contribution in [3.63, 3.8) is 0 Å². The molecule has 4 heteroatoms. The van der Waals surface area contributed by atoms with E-state index in [1.807, 2.05) is 6.92 Å². The molecular formula is C12H20O4. The summed E-state index contributed by atoms with van der Waals surface area (Å²) < 4.78 is 10.6. The van der Waals surface area contributed by atoms with Crippen molar-refractivity contribution in [3.8, 4) is 0 Å². The highest BCUT2D eigenvalue weighted by Crippen LogP contribution is 2.58. The number of hydrogen-bond acceptors (Lipinski definition) is 4. The molecule has 1 N–H and O–H groups in total. The first kappa shape index (κ1) is 11.9. The number of fused-ring (bicyclic) bond motifs is 1. The zero-order valence-electron chi connectivity index (χ0n) is 10.2. The number of methoxy groups -OCH3 is 1. The van der Waals surface area contributed by atoms with Gasteiger partial charge in [-0.2, -0.15) is 0 Å². The van der Waals surface area contributed by atoms with Crippen LogP contribution in [0.1, 0.15) is 46.0 Å². The fourth-order valence-electron chi connectivity index (χ4n) is 3.48. The molecule has 1 aliphatic heterocycles. The molecule has 2 rings (SSSR count). The largest absolute Gasteiger partial charge is 0.469 e. The topological polar surface area (TPSA) is 55.8 Å². The van der Waals surface area contributed by atoms with Gasteiger partial charge in [-0.15, -0.1) is 0 Å². The Labute approximate surface area is 95.9 Å². The van der Waals surface area contributed by atoms with E-state index >= 15 is 0 Å². The fraction of sp³-hybridized carbons (Fsp3) is 0.917. The van der Waals surface area contributed by atoms with E-state index in [-0.39, 0.29) is 5.97 Å². The minimum atomic E-state index is -1.21. The monoisotopic (exact) mass is 228 g/mol. The zero-order valence-corrected chi connectivity index (χ0v) is 10.2. The van der Waals surface area contributed by atoms with E-state index in [4.69, 9.17) is 9.47 Å². The van der Waals surface area contributed by atoms with Crippen molar-refractivity contribution >= 4 is 5.97 Å². The molecule has 1 saturated carbocycles. The molecule has 3 atom stereocenters. The zero-order chi connectivity index (χ0) is 12.0. The molecule has 1 saturated heterocycles. The lowest BCUT2D eigenvalue weighted by Crippen LogP contribution is -2.50. The second kappa shape index (κ2) is 3.44. The predicted octanol–water partition coefficient (Wildman–Crippen LogP) is 1.61. The molecule has 0 aromatic rings. The van der Waals surface area contributed by atoms with E-state index in [0.717, 1.165) is 25.7 Å². The summed E-state index contributed by atoms with van der Waals surface area (Å²) in [4.78, 5) is 12.0. The first-order chi connectivity index (χ1) is 7.35. The Kier molecular flexibility index (Phi) is 2.55. The number of ether oxygens (including phenoxy) is 2. The van der Waals surface area contributed by atoms with Crippen molar-refractivity contribution in [2.24, 2.45) is 5.41 Å². The molecule has 0 radical (unpaired) electrons. The van der Waals surface area contributed by atoms with Gasteiger partial charge < -0.3 is 14.6 Å². The first-order valence-electron chi connectivity index (χ1n) is 5.86. The molecule has 92 valence electrons. The Hall–Kier alpha value is -0.610.